The summed E-state index contributed by atoms with van der Waals surface area (Å²) in [5, 5.41) is 0.315. The Kier molecular flexibility index (Phi) is 3.95. The molecule has 0 saturated carbocycles. The first-order valence-electron chi connectivity index (χ1n) is 7.93. The molecule has 1 aliphatic rings. The van der Waals surface area contributed by atoms with E-state index in [4.69, 9.17) is 0 Å². The van der Waals surface area contributed by atoms with Gasteiger partial charge in [0, 0.05) is 12.0 Å². The van der Waals surface area contributed by atoms with Gasteiger partial charge in [-0.2, -0.15) is 8.78 Å². The van der Waals surface area contributed by atoms with Crippen LogP contribution in [-0.2, 0) is 22.5 Å². The second kappa shape index (κ2) is 6.15. The molecule has 0 amide bonds. The molecule has 2 heterocycles. The van der Waals surface area contributed by atoms with Crippen LogP contribution in [0.2, 0.25) is 0 Å². The number of benzene rings is 2. The molecular formula is C18H15F2N3OS. The Hall–Kier alpha value is -2.41. The summed E-state index contributed by atoms with van der Waals surface area (Å²) in [5.74, 6) is 0.598. The molecule has 0 spiro atoms. The molecule has 0 aliphatic carbocycles. The maximum Gasteiger partial charge on any atom is 0.353 e. The van der Waals surface area contributed by atoms with Gasteiger partial charge in [-0.25, -0.2) is 13.9 Å². The van der Waals surface area contributed by atoms with Crippen molar-refractivity contribution in [3.63, 3.8) is 0 Å². The number of aryl methyl sites for hydroxylation is 1. The van der Waals surface area contributed by atoms with Crippen molar-refractivity contribution in [1.29, 1.82) is 0 Å². The van der Waals surface area contributed by atoms with Crippen molar-refractivity contribution in [2.75, 3.05) is 0 Å². The lowest BCUT2D eigenvalue weighted by molar-refractivity contribution is 0.0972. The van der Waals surface area contributed by atoms with Crippen LogP contribution in [0.3, 0.4) is 0 Å². The van der Waals surface area contributed by atoms with E-state index in [1.54, 1.807) is 10.7 Å². The van der Waals surface area contributed by atoms with Gasteiger partial charge in [0.1, 0.15) is 5.82 Å². The number of hydrogen-bond acceptors (Lipinski definition) is 3. The predicted octanol–water partition coefficient (Wildman–Crippen LogP) is 3.67. The van der Waals surface area contributed by atoms with Gasteiger partial charge in [0.25, 0.3) is 0 Å². The van der Waals surface area contributed by atoms with Gasteiger partial charge in [-0.1, -0.05) is 60.7 Å². The Morgan fingerprint density at radius 3 is 2.36 bits per heavy atom. The first-order valence-corrected chi connectivity index (χ1v) is 9.08. The highest BCUT2D eigenvalue weighted by Crippen LogP contribution is 2.36. The molecule has 0 N–H and O–H groups in total. The Bertz CT molecular complexity index is 913. The molecule has 4 nitrogen and oxygen atoms in total. The van der Waals surface area contributed by atoms with Crippen LogP contribution >= 0.6 is 0 Å². The molecule has 0 fully saturated rings. The zero-order chi connectivity index (χ0) is 17.4. The largest absolute Gasteiger partial charge is 0.353 e. The minimum Gasteiger partial charge on any atom is -0.244 e. The maximum atomic E-state index is 14.5. The minimum absolute atomic E-state index is 0.0557. The van der Waals surface area contributed by atoms with E-state index in [9.17, 15) is 13.0 Å². The summed E-state index contributed by atoms with van der Waals surface area (Å²) in [5.41, 5.74) is 0.737. The van der Waals surface area contributed by atoms with Crippen molar-refractivity contribution >= 4 is 10.8 Å². The first kappa shape index (κ1) is 16.1. The average Bonchev–Trinajstić information content (AvgIpc) is 3.23. The van der Waals surface area contributed by atoms with Crippen LogP contribution in [0.15, 0.2) is 65.8 Å². The van der Waals surface area contributed by atoms with E-state index in [0.29, 0.717) is 12.2 Å². The lowest BCUT2D eigenvalue weighted by Crippen LogP contribution is -2.22. The summed E-state index contributed by atoms with van der Waals surface area (Å²) in [7, 11) is -2.65. The number of hydrogen-bond donors (Lipinski definition) is 0. The Morgan fingerprint density at radius 1 is 1.04 bits per heavy atom. The second-order valence-corrected chi connectivity index (χ2v) is 7.29. The molecule has 2 aromatic carbocycles. The van der Waals surface area contributed by atoms with Crippen molar-refractivity contribution in [2.24, 2.45) is 0 Å². The number of fused-ring (bicyclic) bond motifs is 1. The van der Waals surface area contributed by atoms with Gasteiger partial charge in [0.2, 0.25) is 5.16 Å². The van der Waals surface area contributed by atoms with E-state index < -0.39 is 16.1 Å². The SMILES string of the molecule is O=S(c1nc2n(n1)C(c1ccccc1)CC2)C(F)(F)c1ccccc1. The Labute approximate surface area is 146 Å². The summed E-state index contributed by atoms with van der Waals surface area (Å²) in [6, 6.07) is 16.8. The fourth-order valence-corrected chi connectivity index (χ4v) is 3.99. The highest BCUT2D eigenvalue weighted by atomic mass is 32.2. The van der Waals surface area contributed by atoms with Gasteiger partial charge >= 0.3 is 5.25 Å². The van der Waals surface area contributed by atoms with Gasteiger partial charge in [0.15, 0.2) is 10.8 Å². The van der Waals surface area contributed by atoms with Crippen molar-refractivity contribution in [3.8, 4) is 0 Å². The van der Waals surface area contributed by atoms with Gasteiger partial charge < -0.3 is 0 Å². The normalized spacial score (nSPS) is 18.1. The highest BCUT2D eigenvalue weighted by Gasteiger charge is 2.43. The zero-order valence-electron chi connectivity index (χ0n) is 13.2. The van der Waals surface area contributed by atoms with Gasteiger partial charge in [-0.15, -0.1) is 5.10 Å². The van der Waals surface area contributed by atoms with Crippen LogP contribution in [0, 0.1) is 0 Å². The number of halogens is 2. The second-order valence-electron chi connectivity index (χ2n) is 5.87. The molecule has 128 valence electrons. The molecule has 1 aliphatic heterocycles. The van der Waals surface area contributed by atoms with E-state index in [1.165, 1.54) is 24.3 Å². The number of rotatable bonds is 4. The van der Waals surface area contributed by atoms with Crippen LogP contribution in [-0.4, -0.2) is 19.0 Å². The molecular weight excluding hydrogens is 344 g/mol. The fourth-order valence-electron chi connectivity index (χ4n) is 3.06. The summed E-state index contributed by atoms with van der Waals surface area (Å²) >= 11 is 0. The Balaban J connectivity index is 1.67. The quantitative estimate of drug-likeness (QED) is 0.714. The number of aromatic nitrogens is 3. The molecule has 2 atom stereocenters. The molecule has 2 unspecified atom stereocenters. The van der Waals surface area contributed by atoms with Crippen LogP contribution < -0.4 is 0 Å². The lowest BCUT2D eigenvalue weighted by Gasteiger charge is -2.14. The first-order chi connectivity index (χ1) is 12.1. The zero-order valence-corrected chi connectivity index (χ0v) is 14.0. The highest BCUT2D eigenvalue weighted by molar-refractivity contribution is 7.85. The molecule has 1 aromatic heterocycles. The summed E-state index contributed by atoms with van der Waals surface area (Å²) in [6.07, 6.45) is 1.43. The van der Waals surface area contributed by atoms with Crippen molar-refractivity contribution < 1.29 is 13.0 Å². The predicted molar refractivity (Wildman–Crippen MR) is 89.7 cm³/mol. The van der Waals surface area contributed by atoms with Crippen molar-refractivity contribution in [2.45, 2.75) is 29.3 Å². The summed E-state index contributed by atoms with van der Waals surface area (Å²) in [4.78, 5) is 4.13. The smallest absolute Gasteiger partial charge is 0.244 e. The van der Waals surface area contributed by atoms with Gasteiger partial charge in [-0.3, -0.25) is 0 Å². The van der Waals surface area contributed by atoms with Gasteiger partial charge in [0.05, 0.1) is 6.04 Å². The van der Waals surface area contributed by atoms with Crippen LogP contribution in [0.4, 0.5) is 8.78 Å². The maximum absolute atomic E-state index is 14.5. The number of nitrogens with zero attached hydrogens (tertiary/aromatic N) is 3. The molecule has 0 radical (unpaired) electrons. The molecule has 7 heteroatoms. The molecule has 4 rings (SSSR count). The molecule has 0 saturated heterocycles. The fraction of sp³-hybridized carbons (Fsp3) is 0.222. The third kappa shape index (κ3) is 2.78. The van der Waals surface area contributed by atoms with Gasteiger partial charge in [-0.05, 0) is 12.0 Å². The van der Waals surface area contributed by atoms with Crippen LogP contribution in [0.25, 0.3) is 0 Å². The third-order valence-corrected chi connectivity index (χ3v) is 5.52. The summed E-state index contributed by atoms with van der Waals surface area (Å²) in [6.45, 7) is 0. The summed E-state index contributed by atoms with van der Waals surface area (Å²) < 4.78 is 43.1. The Morgan fingerprint density at radius 2 is 1.68 bits per heavy atom. The van der Waals surface area contributed by atoms with Crippen molar-refractivity contribution in [3.05, 3.63) is 77.6 Å². The van der Waals surface area contributed by atoms with Crippen LogP contribution in [0.5, 0.6) is 0 Å². The molecule has 25 heavy (non-hydrogen) atoms. The van der Waals surface area contributed by atoms with E-state index in [2.05, 4.69) is 10.1 Å². The minimum atomic E-state index is -3.54. The molecule has 0 bridgehead atoms. The number of alkyl halides is 2. The third-order valence-electron chi connectivity index (χ3n) is 4.31. The van der Waals surface area contributed by atoms with E-state index in [-0.39, 0.29) is 16.8 Å². The topological polar surface area (TPSA) is 47.8 Å². The van der Waals surface area contributed by atoms with E-state index in [0.717, 1.165) is 12.0 Å². The van der Waals surface area contributed by atoms with Crippen molar-refractivity contribution in [1.82, 2.24) is 14.8 Å². The van der Waals surface area contributed by atoms with E-state index >= 15 is 0 Å². The monoisotopic (exact) mass is 359 g/mol. The van der Waals surface area contributed by atoms with E-state index in [1.807, 2.05) is 30.3 Å². The average molecular weight is 359 g/mol. The molecule has 3 aromatic rings. The van der Waals surface area contributed by atoms with Crippen LogP contribution in [0.1, 0.15) is 29.4 Å². The standard InChI is InChI=1S/C18H15F2N3OS/c19-18(20,14-9-5-2-6-10-14)25(24)17-21-16-12-11-15(23(16)22-17)13-7-3-1-4-8-13/h1-10,15H,11-12H2. The lowest BCUT2D eigenvalue weighted by atomic mass is 10.1.